The van der Waals surface area contributed by atoms with E-state index >= 15 is 0 Å². The Kier molecular flexibility index (Phi) is 5.65. The molecule has 0 saturated carbocycles. The summed E-state index contributed by atoms with van der Waals surface area (Å²) in [7, 11) is 0. The largest absolute Gasteiger partial charge is 0.384 e. The third-order valence-electron chi connectivity index (χ3n) is 2.90. The van der Waals surface area contributed by atoms with Gasteiger partial charge in [-0.3, -0.25) is 4.79 Å². The summed E-state index contributed by atoms with van der Waals surface area (Å²) in [6, 6.07) is 13.9. The van der Waals surface area contributed by atoms with Crippen molar-refractivity contribution in [1.29, 1.82) is 5.26 Å². The number of rotatable bonds is 5. The number of amides is 1. The highest BCUT2D eigenvalue weighted by molar-refractivity contribution is 6.42. The summed E-state index contributed by atoms with van der Waals surface area (Å²) >= 11 is 11.7. The molecule has 0 fully saturated rings. The molecule has 0 bridgehead atoms. The molecule has 0 aliphatic carbocycles. The fourth-order valence-corrected chi connectivity index (χ4v) is 2.08. The molecule has 0 heterocycles. The Balaban J connectivity index is 1.80. The molecule has 0 atom stereocenters. The Morgan fingerprint density at radius 2 is 1.73 bits per heavy atom. The van der Waals surface area contributed by atoms with Gasteiger partial charge in [-0.15, -0.1) is 0 Å². The molecular formula is C16H13Cl2N3O. The molecule has 0 aliphatic heterocycles. The summed E-state index contributed by atoms with van der Waals surface area (Å²) in [4.78, 5) is 11.8. The van der Waals surface area contributed by atoms with Crippen LogP contribution in [0.4, 0.5) is 11.4 Å². The van der Waals surface area contributed by atoms with E-state index in [4.69, 9.17) is 28.5 Å². The highest BCUT2D eigenvalue weighted by atomic mass is 35.5. The van der Waals surface area contributed by atoms with E-state index in [1.54, 1.807) is 42.5 Å². The summed E-state index contributed by atoms with van der Waals surface area (Å²) in [6.07, 6.45) is 0.306. The zero-order valence-corrected chi connectivity index (χ0v) is 13.1. The van der Waals surface area contributed by atoms with Crippen molar-refractivity contribution >= 4 is 40.5 Å². The quantitative estimate of drug-likeness (QED) is 0.856. The average Bonchev–Trinajstić information content (AvgIpc) is 2.51. The third-order valence-corrected chi connectivity index (χ3v) is 3.64. The van der Waals surface area contributed by atoms with Crippen molar-refractivity contribution in [2.45, 2.75) is 6.42 Å². The SMILES string of the molecule is N#Cc1ccc(NC(=O)CCNc2ccc(Cl)c(Cl)c2)cc1. The van der Waals surface area contributed by atoms with Gasteiger partial charge in [-0.1, -0.05) is 23.2 Å². The number of nitrogens with zero attached hydrogens (tertiary/aromatic N) is 1. The van der Waals surface area contributed by atoms with Gasteiger partial charge in [0.05, 0.1) is 21.7 Å². The van der Waals surface area contributed by atoms with Gasteiger partial charge >= 0.3 is 0 Å². The maximum atomic E-state index is 11.8. The Morgan fingerprint density at radius 3 is 2.36 bits per heavy atom. The predicted molar refractivity (Wildman–Crippen MR) is 89.4 cm³/mol. The molecule has 2 aromatic carbocycles. The first-order chi connectivity index (χ1) is 10.6. The van der Waals surface area contributed by atoms with Crippen LogP contribution in [0.5, 0.6) is 0 Å². The normalized spacial score (nSPS) is 9.86. The maximum Gasteiger partial charge on any atom is 0.226 e. The van der Waals surface area contributed by atoms with Crippen LogP contribution in [0.3, 0.4) is 0 Å². The number of nitriles is 1. The fourth-order valence-electron chi connectivity index (χ4n) is 1.78. The number of halogens is 2. The van der Waals surface area contributed by atoms with Gasteiger partial charge < -0.3 is 10.6 Å². The molecule has 2 aromatic rings. The van der Waals surface area contributed by atoms with Crippen LogP contribution in [0.15, 0.2) is 42.5 Å². The number of carbonyl (C=O) groups excluding carboxylic acids is 1. The molecule has 112 valence electrons. The molecule has 0 aliphatic rings. The first kappa shape index (κ1) is 16.2. The summed E-state index contributed by atoms with van der Waals surface area (Å²) in [5, 5.41) is 15.5. The molecular weight excluding hydrogens is 321 g/mol. The molecule has 0 radical (unpaired) electrons. The lowest BCUT2D eigenvalue weighted by Gasteiger charge is -2.08. The van der Waals surface area contributed by atoms with Gasteiger partial charge in [0.2, 0.25) is 5.91 Å². The van der Waals surface area contributed by atoms with Crippen LogP contribution < -0.4 is 10.6 Å². The number of benzene rings is 2. The lowest BCUT2D eigenvalue weighted by Crippen LogP contribution is -2.16. The van der Waals surface area contributed by atoms with Gasteiger partial charge in [0.1, 0.15) is 0 Å². The van der Waals surface area contributed by atoms with Crippen LogP contribution in [-0.4, -0.2) is 12.5 Å². The standard InChI is InChI=1S/C16H13Cl2N3O/c17-14-6-5-13(9-15(14)18)20-8-7-16(22)21-12-3-1-11(10-19)2-4-12/h1-6,9,20H,7-8H2,(H,21,22). The number of anilines is 2. The first-order valence-electron chi connectivity index (χ1n) is 6.57. The van der Waals surface area contributed by atoms with Crippen LogP contribution in [-0.2, 0) is 4.79 Å². The molecule has 4 nitrogen and oxygen atoms in total. The fraction of sp³-hybridized carbons (Fsp3) is 0.125. The van der Waals surface area contributed by atoms with Gasteiger partial charge in [0, 0.05) is 24.3 Å². The molecule has 1 amide bonds. The van der Waals surface area contributed by atoms with Crippen molar-refractivity contribution in [3.63, 3.8) is 0 Å². The molecule has 0 unspecified atom stereocenters. The molecule has 0 aromatic heterocycles. The molecule has 2 N–H and O–H groups in total. The van der Waals surface area contributed by atoms with Crippen molar-refractivity contribution in [2.75, 3.05) is 17.2 Å². The second-order valence-corrected chi connectivity index (χ2v) is 5.36. The number of carbonyl (C=O) groups is 1. The van der Waals surface area contributed by atoms with E-state index in [-0.39, 0.29) is 5.91 Å². The minimum atomic E-state index is -0.114. The lowest BCUT2D eigenvalue weighted by atomic mass is 10.2. The maximum absolute atomic E-state index is 11.8. The van der Waals surface area contributed by atoms with Gasteiger partial charge in [-0.05, 0) is 42.5 Å². The number of nitrogens with one attached hydrogen (secondary N) is 2. The van der Waals surface area contributed by atoms with Gasteiger partial charge in [-0.25, -0.2) is 0 Å². The summed E-state index contributed by atoms with van der Waals surface area (Å²) in [6.45, 7) is 0.472. The van der Waals surface area contributed by atoms with Gasteiger partial charge in [0.15, 0.2) is 0 Å². The van der Waals surface area contributed by atoms with Crippen molar-refractivity contribution in [3.8, 4) is 6.07 Å². The van der Waals surface area contributed by atoms with Crippen LogP contribution in [0.2, 0.25) is 10.0 Å². The van der Waals surface area contributed by atoms with Crippen LogP contribution in [0.25, 0.3) is 0 Å². The topological polar surface area (TPSA) is 64.9 Å². The second-order valence-electron chi connectivity index (χ2n) is 4.54. The minimum Gasteiger partial charge on any atom is -0.384 e. The molecule has 22 heavy (non-hydrogen) atoms. The van der Waals surface area contributed by atoms with Crippen molar-refractivity contribution in [2.24, 2.45) is 0 Å². The molecule has 0 saturated heterocycles. The Labute approximate surface area is 138 Å². The Morgan fingerprint density at radius 1 is 1.05 bits per heavy atom. The van der Waals surface area contributed by atoms with Crippen molar-refractivity contribution in [1.82, 2.24) is 0 Å². The monoisotopic (exact) mass is 333 g/mol. The average molecular weight is 334 g/mol. The summed E-state index contributed by atoms with van der Waals surface area (Å²) < 4.78 is 0. The van der Waals surface area contributed by atoms with Gasteiger partial charge in [-0.2, -0.15) is 5.26 Å². The zero-order chi connectivity index (χ0) is 15.9. The van der Waals surface area contributed by atoms with Crippen LogP contribution >= 0.6 is 23.2 Å². The minimum absolute atomic E-state index is 0.114. The highest BCUT2D eigenvalue weighted by Gasteiger charge is 2.03. The summed E-state index contributed by atoms with van der Waals surface area (Å²) in [5.74, 6) is -0.114. The van der Waals surface area contributed by atoms with Gasteiger partial charge in [0.25, 0.3) is 0 Å². The van der Waals surface area contributed by atoms with E-state index in [9.17, 15) is 4.79 Å². The van der Waals surface area contributed by atoms with E-state index in [2.05, 4.69) is 10.6 Å². The van der Waals surface area contributed by atoms with Crippen LogP contribution in [0.1, 0.15) is 12.0 Å². The molecule has 6 heteroatoms. The van der Waals surface area contributed by atoms with Crippen molar-refractivity contribution < 1.29 is 4.79 Å². The second kappa shape index (κ2) is 7.69. The Bertz CT molecular complexity index is 708. The lowest BCUT2D eigenvalue weighted by molar-refractivity contribution is -0.115. The van der Waals surface area contributed by atoms with E-state index in [0.29, 0.717) is 34.3 Å². The zero-order valence-electron chi connectivity index (χ0n) is 11.6. The van der Waals surface area contributed by atoms with E-state index in [0.717, 1.165) is 5.69 Å². The van der Waals surface area contributed by atoms with E-state index in [1.807, 2.05) is 6.07 Å². The molecule has 0 spiro atoms. The number of hydrogen-bond donors (Lipinski definition) is 2. The van der Waals surface area contributed by atoms with Crippen LogP contribution in [0, 0.1) is 11.3 Å². The van der Waals surface area contributed by atoms with E-state index in [1.165, 1.54) is 0 Å². The summed E-state index contributed by atoms with van der Waals surface area (Å²) in [5.41, 5.74) is 2.03. The van der Waals surface area contributed by atoms with Crippen molar-refractivity contribution in [3.05, 3.63) is 58.1 Å². The smallest absolute Gasteiger partial charge is 0.226 e. The number of hydrogen-bond acceptors (Lipinski definition) is 3. The predicted octanol–water partition coefficient (Wildman–Crippen LogP) is 4.31. The third kappa shape index (κ3) is 4.66. The first-order valence-corrected chi connectivity index (χ1v) is 7.33. The van der Waals surface area contributed by atoms with E-state index < -0.39 is 0 Å². The highest BCUT2D eigenvalue weighted by Crippen LogP contribution is 2.24. The Hall–Kier alpha value is -2.22. The molecule has 2 rings (SSSR count).